The zero-order valence-corrected chi connectivity index (χ0v) is 15.5. The van der Waals surface area contributed by atoms with Crippen molar-refractivity contribution in [3.8, 4) is 0 Å². The molecule has 3 N–H and O–H groups in total. The Morgan fingerprint density at radius 2 is 2.08 bits per heavy atom. The Bertz CT molecular complexity index is 793. The van der Waals surface area contributed by atoms with Crippen molar-refractivity contribution < 1.29 is 4.79 Å². The van der Waals surface area contributed by atoms with Gasteiger partial charge in [0.1, 0.15) is 0 Å². The lowest BCUT2D eigenvalue weighted by atomic mass is 9.69. The molecule has 134 valence electrons. The second-order valence-corrected chi connectivity index (χ2v) is 8.67. The first-order valence-electron chi connectivity index (χ1n) is 9.51. The number of nitrogens with one attached hydrogen (secondary N) is 3. The largest absolute Gasteiger partial charge is 0.361 e. The van der Waals surface area contributed by atoms with E-state index in [0.29, 0.717) is 18.0 Å². The van der Waals surface area contributed by atoms with Gasteiger partial charge in [0.25, 0.3) is 0 Å². The van der Waals surface area contributed by atoms with Crippen molar-refractivity contribution >= 4 is 16.9 Å². The van der Waals surface area contributed by atoms with E-state index in [-0.39, 0.29) is 11.4 Å². The minimum absolute atomic E-state index is 0.0191. The summed E-state index contributed by atoms with van der Waals surface area (Å²) in [6.07, 6.45) is 6.55. The Hall–Kier alpha value is -1.97. The second-order valence-electron chi connectivity index (χ2n) is 8.67. The number of para-hydroxylation sites is 1. The number of fused-ring (bicyclic) bond motifs is 3. The molecule has 2 amide bonds. The third-order valence-electron chi connectivity index (χ3n) is 7.45. The minimum atomic E-state index is -0.0191. The number of H-pyrrole nitrogens is 1. The molecule has 4 rings (SSSR count). The number of aromatic nitrogens is 1. The van der Waals surface area contributed by atoms with E-state index in [1.54, 1.807) is 0 Å². The van der Waals surface area contributed by atoms with Crippen LogP contribution in [0.5, 0.6) is 0 Å². The van der Waals surface area contributed by atoms with Crippen molar-refractivity contribution in [2.24, 2.45) is 16.7 Å². The Morgan fingerprint density at radius 1 is 1.28 bits per heavy atom. The van der Waals surface area contributed by atoms with Gasteiger partial charge in [0.2, 0.25) is 0 Å². The number of carbonyl (C=O) groups is 1. The van der Waals surface area contributed by atoms with E-state index >= 15 is 0 Å². The molecule has 3 unspecified atom stereocenters. The number of aromatic amines is 1. The third kappa shape index (κ3) is 2.54. The van der Waals surface area contributed by atoms with E-state index in [1.165, 1.54) is 23.8 Å². The molecule has 1 aromatic heterocycles. The lowest BCUT2D eigenvalue weighted by Crippen LogP contribution is -2.50. The van der Waals surface area contributed by atoms with Crippen LogP contribution in [0.15, 0.2) is 30.5 Å². The van der Waals surface area contributed by atoms with Crippen LogP contribution < -0.4 is 10.6 Å². The lowest BCUT2D eigenvalue weighted by molar-refractivity contribution is 0.123. The van der Waals surface area contributed by atoms with E-state index < -0.39 is 0 Å². The average molecular weight is 339 g/mol. The average Bonchev–Trinajstić information content (AvgIpc) is 3.14. The fourth-order valence-electron chi connectivity index (χ4n) is 5.28. The van der Waals surface area contributed by atoms with Gasteiger partial charge in [0.05, 0.1) is 0 Å². The van der Waals surface area contributed by atoms with Crippen LogP contribution in [0, 0.1) is 16.7 Å². The topological polar surface area (TPSA) is 56.9 Å². The molecule has 25 heavy (non-hydrogen) atoms. The van der Waals surface area contributed by atoms with Gasteiger partial charge in [-0.25, -0.2) is 4.79 Å². The summed E-state index contributed by atoms with van der Waals surface area (Å²) in [7, 11) is 0. The molecule has 2 fully saturated rings. The van der Waals surface area contributed by atoms with E-state index in [9.17, 15) is 4.79 Å². The van der Waals surface area contributed by atoms with Crippen LogP contribution in [0.25, 0.3) is 10.9 Å². The number of hydrogen-bond donors (Lipinski definition) is 3. The summed E-state index contributed by atoms with van der Waals surface area (Å²) < 4.78 is 0. The van der Waals surface area contributed by atoms with Gasteiger partial charge >= 0.3 is 6.03 Å². The summed E-state index contributed by atoms with van der Waals surface area (Å²) in [6, 6.07) is 8.57. The molecular formula is C21H29N3O. The van der Waals surface area contributed by atoms with Crippen LogP contribution in [0.4, 0.5) is 4.79 Å². The molecular weight excluding hydrogens is 310 g/mol. The van der Waals surface area contributed by atoms with Gasteiger partial charge in [-0.1, -0.05) is 39.0 Å². The number of hydrogen-bond acceptors (Lipinski definition) is 1. The van der Waals surface area contributed by atoms with E-state index in [4.69, 9.17) is 0 Å². The van der Waals surface area contributed by atoms with Crippen LogP contribution in [0.2, 0.25) is 0 Å². The SMILES string of the molecule is CC1(C)C2CCC1(C)C(NC(=O)NCCc1c[nH]c3ccccc13)C2. The quantitative estimate of drug-likeness (QED) is 0.767. The molecule has 2 aromatic rings. The van der Waals surface area contributed by atoms with Gasteiger partial charge in [-0.15, -0.1) is 0 Å². The predicted molar refractivity (Wildman–Crippen MR) is 102 cm³/mol. The molecule has 0 spiro atoms. The van der Waals surface area contributed by atoms with Gasteiger partial charge in [-0.3, -0.25) is 0 Å². The maximum atomic E-state index is 12.4. The highest BCUT2D eigenvalue weighted by Gasteiger charge is 2.61. The standard InChI is InChI=1S/C21H29N3O/c1-20(2)15-8-10-21(20,3)18(12-15)24-19(25)22-11-9-14-13-23-17-7-5-4-6-16(14)17/h4-7,13,15,18,23H,8-12H2,1-3H3,(H2,22,24,25). The molecule has 3 atom stereocenters. The molecule has 4 nitrogen and oxygen atoms in total. The number of benzene rings is 1. The number of carbonyl (C=O) groups excluding carboxylic acids is 1. The molecule has 1 aromatic carbocycles. The van der Waals surface area contributed by atoms with E-state index in [0.717, 1.165) is 24.3 Å². The summed E-state index contributed by atoms with van der Waals surface area (Å²) in [5.74, 6) is 0.744. The van der Waals surface area contributed by atoms with Crippen molar-refractivity contribution in [2.45, 2.75) is 52.5 Å². The first kappa shape index (κ1) is 16.5. The van der Waals surface area contributed by atoms with Gasteiger partial charge in [0, 0.05) is 29.7 Å². The van der Waals surface area contributed by atoms with Crippen molar-refractivity contribution in [1.82, 2.24) is 15.6 Å². The van der Waals surface area contributed by atoms with Gasteiger partial charge in [-0.05, 0) is 54.1 Å². The zero-order valence-electron chi connectivity index (χ0n) is 15.5. The smallest absolute Gasteiger partial charge is 0.315 e. The van der Waals surface area contributed by atoms with Crippen molar-refractivity contribution in [3.63, 3.8) is 0 Å². The molecule has 2 aliphatic carbocycles. The number of amides is 2. The van der Waals surface area contributed by atoms with Crippen LogP contribution >= 0.6 is 0 Å². The Labute approximate surface area is 149 Å². The van der Waals surface area contributed by atoms with Crippen molar-refractivity contribution in [2.75, 3.05) is 6.54 Å². The lowest BCUT2D eigenvalue weighted by Gasteiger charge is -2.39. The molecule has 2 bridgehead atoms. The fraction of sp³-hybridized carbons (Fsp3) is 0.571. The number of urea groups is 1. The molecule has 2 saturated carbocycles. The van der Waals surface area contributed by atoms with E-state index in [2.05, 4.69) is 54.6 Å². The monoisotopic (exact) mass is 339 g/mol. The highest BCUT2D eigenvalue weighted by molar-refractivity contribution is 5.83. The number of rotatable bonds is 4. The molecule has 1 heterocycles. The normalized spacial score (nSPS) is 29.9. The first-order valence-corrected chi connectivity index (χ1v) is 9.51. The summed E-state index contributed by atoms with van der Waals surface area (Å²) >= 11 is 0. The van der Waals surface area contributed by atoms with Gasteiger partial charge in [0.15, 0.2) is 0 Å². The van der Waals surface area contributed by atoms with E-state index in [1.807, 2.05) is 12.3 Å². The van der Waals surface area contributed by atoms with Crippen LogP contribution in [-0.2, 0) is 6.42 Å². The molecule has 2 aliphatic rings. The zero-order chi connectivity index (χ0) is 17.7. The Balaban J connectivity index is 1.32. The Morgan fingerprint density at radius 3 is 2.80 bits per heavy atom. The van der Waals surface area contributed by atoms with Crippen LogP contribution in [-0.4, -0.2) is 23.6 Å². The van der Waals surface area contributed by atoms with Crippen molar-refractivity contribution in [3.05, 3.63) is 36.0 Å². The van der Waals surface area contributed by atoms with Gasteiger partial charge in [-0.2, -0.15) is 0 Å². The predicted octanol–water partition coefficient (Wildman–Crippen LogP) is 4.22. The van der Waals surface area contributed by atoms with Crippen LogP contribution in [0.1, 0.15) is 45.6 Å². The van der Waals surface area contributed by atoms with Crippen LogP contribution in [0.3, 0.4) is 0 Å². The summed E-state index contributed by atoms with van der Waals surface area (Å²) in [6.45, 7) is 7.77. The molecule has 4 heteroatoms. The highest BCUT2D eigenvalue weighted by atomic mass is 16.2. The third-order valence-corrected chi connectivity index (χ3v) is 7.45. The first-order chi connectivity index (χ1) is 11.9. The molecule has 0 radical (unpaired) electrons. The highest BCUT2D eigenvalue weighted by Crippen LogP contribution is 2.65. The second kappa shape index (κ2) is 5.79. The minimum Gasteiger partial charge on any atom is -0.361 e. The Kier molecular flexibility index (Phi) is 3.82. The maximum Gasteiger partial charge on any atom is 0.315 e. The molecule has 0 aliphatic heterocycles. The fourth-order valence-corrected chi connectivity index (χ4v) is 5.28. The summed E-state index contributed by atoms with van der Waals surface area (Å²) in [4.78, 5) is 15.7. The van der Waals surface area contributed by atoms with Crippen molar-refractivity contribution in [1.29, 1.82) is 0 Å². The summed E-state index contributed by atoms with van der Waals surface area (Å²) in [5.41, 5.74) is 2.96. The maximum absolute atomic E-state index is 12.4. The molecule has 0 saturated heterocycles. The summed E-state index contributed by atoms with van der Waals surface area (Å²) in [5, 5.41) is 7.56. The van der Waals surface area contributed by atoms with Gasteiger partial charge < -0.3 is 15.6 Å².